The lowest BCUT2D eigenvalue weighted by atomic mass is 10.1. The van der Waals surface area contributed by atoms with E-state index in [9.17, 15) is 14.4 Å². The van der Waals surface area contributed by atoms with Gasteiger partial charge in [-0.05, 0) is 30.2 Å². The second kappa shape index (κ2) is 8.68. The molecule has 7 heteroatoms. The number of hydrogen-bond acceptors (Lipinski definition) is 4. The lowest BCUT2D eigenvalue weighted by molar-refractivity contribution is -0.116. The Bertz CT molecular complexity index is 1120. The Labute approximate surface area is 168 Å². The molecule has 3 rings (SSSR count). The van der Waals surface area contributed by atoms with E-state index in [1.54, 1.807) is 36.4 Å². The van der Waals surface area contributed by atoms with Crippen LogP contribution >= 0.6 is 0 Å². The summed E-state index contributed by atoms with van der Waals surface area (Å²) in [7, 11) is 0. The van der Waals surface area contributed by atoms with E-state index in [1.165, 1.54) is 11.6 Å². The Morgan fingerprint density at radius 3 is 2.31 bits per heavy atom. The molecule has 0 bridgehead atoms. The number of fused-ring (bicyclic) bond motifs is 1. The minimum absolute atomic E-state index is 0.0310. The number of rotatable bonds is 6. The molecule has 150 valence electrons. The van der Waals surface area contributed by atoms with Gasteiger partial charge in [0.05, 0.1) is 17.5 Å². The molecule has 7 nitrogen and oxygen atoms in total. The van der Waals surface area contributed by atoms with Crippen molar-refractivity contribution in [2.45, 2.75) is 33.7 Å². The lowest BCUT2D eigenvalue weighted by Gasteiger charge is -2.13. The van der Waals surface area contributed by atoms with Crippen LogP contribution in [0.15, 0.2) is 53.3 Å². The Balaban J connectivity index is 1.87. The van der Waals surface area contributed by atoms with Crippen molar-refractivity contribution in [1.29, 1.82) is 0 Å². The topological polar surface area (TPSA) is 93.1 Å². The van der Waals surface area contributed by atoms with Crippen LogP contribution in [0.4, 0.5) is 11.4 Å². The Kier molecular flexibility index (Phi) is 6.07. The van der Waals surface area contributed by atoms with E-state index in [1.807, 2.05) is 26.0 Å². The summed E-state index contributed by atoms with van der Waals surface area (Å²) in [5.41, 5.74) is 1.57. The van der Waals surface area contributed by atoms with Gasteiger partial charge in [0.1, 0.15) is 0 Å². The molecule has 0 fully saturated rings. The highest BCUT2D eigenvalue weighted by atomic mass is 16.2. The van der Waals surface area contributed by atoms with Crippen LogP contribution in [0.1, 0.15) is 26.5 Å². The van der Waals surface area contributed by atoms with Crippen molar-refractivity contribution in [3.63, 3.8) is 0 Å². The molecule has 2 amide bonds. The van der Waals surface area contributed by atoms with Crippen LogP contribution in [0.2, 0.25) is 0 Å². The summed E-state index contributed by atoms with van der Waals surface area (Å²) in [5, 5.41) is 11.2. The molecule has 0 radical (unpaired) electrons. The van der Waals surface area contributed by atoms with Gasteiger partial charge in [0.15, 0.2) is 0 Å². The predicted octanol–water partition coefficient (Wildman–Crippen LogP) is 3.19. The van der Waals surface area contributed by atoms with Gasteiger partial charge in [0.2, 0.25) is 11.8 Å². The number of aromatic nitrogens is 2. The second-order valence-corrected chi connectivity index (χ2v) is 7.36. The molecule has 3 aromatic rings. The van der Waals surface area contributed by atoms with Crippen LogP contribution in [0.3, 0.4) is 0 Å². The number of hydrogen-bond donors (Lipinski definition) is 2. The molecule has 0 saturated carbocycles. The first-order valence-electron chi connectivity index (χ1n) is 9.49. The first-order valence-corrected chi connectivity index (χ1v) is 9.49. The Hall–Kier alpha value is -3.48. The van der Waals surface area contributed by atoms with Crippen LogP contribution in [-0.4, -0.2) is 21.6 Å². The van der Waals surface area contributed by atoms with Crippen LogP contribution < -0.4 is 16.2 Å². The molecule has 0 aliphatic rings. The van der Waals surface area contributed by atoms with E-state index in [0.29, 0.717) is 34.4 Å². The first kappa shape index (κ1) is 20.3. The number of amides is 2. The summed E-state index contributed by atoms with van der Waals surface area (Å²) >= 11 is 0. The molecular weight excluding hydrogens is 368 g/mol. The van der Waals surface area contributed by atoms with Gasteiger partial charge in [0.25, 0.3) is 5.56 Å². The average Bonchev–Trinajstić information content (AvgIpc) is 2.65. The van der Waals surface area contributed by atoms with Crippen molar-refractivity contribution in [2.75, 3.05) is 10.6 Å². The minimum atomic E-state index is -0.252. The standard InChI is InChI=1S/C22H24N4O3/c1-14(2)13-26-22(29)19-10-5-4-9-18(19)20(25-26)12-21(28)24-17-8-6-7-16(11-17)23-15(3)27/h4-11,14H,12-13H2,1-3H3,(H,23,27)(H,24,28). The monoisotopic (exact) mass is 392 g/mol. The predicted molar refractivity (Wildman–Crippen MR) is 114 cm³/mol. The van der Waals surface area contributed by atoms with Crippen molar-refractivity contribution in [3.05, 3.63) is 64.6 Å². The van der Waals surface area contributed by atoms with E-state index in [0.717, 1.165) is 0 Å². The summed E-state index contributed by atoms with van der Waals surface area (Å²) in [4.78, 5) is 36.5. The molecule has 0 unspecified atom stereocenters. The zero-order valence-electron chi connectivity index (χ0n) is 16.7. The number of carbonyl (C=O) groups is 2. The average molecular weight is 392 g/mol. The molecule has 0 aliphatic heterocycles. The normalized spacial score (nSPS) is 10.9. The van der Waals surface area contributed by atoms with Crippen molar-refractivity contribution in [1.82, 2.24) is 9.78 Å². The fourth-order valence-corrected chi connectivity index (χ4v) is 3.14. The van der Waals surface area contributed by atoms with E-state index in [2.05, 4.69) is 15.7 Å². The molecule has 29 heavy (non-hydrogen) atoms. The second-order valence-electron chi connectivity index (χ2n) is 7.36. The van der Waals surface area contributed by atoms with Gasteiger partial charge in [-0.15, -0.1) is 0 Å². The third kappa shape index (κ3) is 5.07. The van der Waals surface area contributed by atoms with Crippen LogP contribution in [0.5, 0.6) is 0 Å². The fraction of sp³-hybridized carbons (Fsp3) is 0.273. The number of anilines is 2. The van der Waals surface area contributed by atoms with Crippen molar-refractivity contribution in [3.8, 4) is 0 Å². The van der Waals surface area contributed by atoms with Gasteiger partial charge in [-0.3, -0.25) is 14.4 Å². The van der Waals surface area contributed by atoms with E-state index in [-0.39, 0.29) is 29.7 Å². The van der Waals surface area contributed by atoms with Gasteiger partial charge in [-0.2, -0.15) is 5.10 Å². The van der Waals surface area contributed by atoms with E-state index < -0.39 is 0 Å². The summed E-state index contributed by atoms with van der Waals surface area (Å²) < 4.78 is 1.44. The van der Waals surface area contributed by atoms with Gasteiger partial charge >= 0.3 is 0 Å². The number of nitrogens with one attached hydrogen (secondary N) is 2. The van der Waals surface area contributed by atoms with Gasteiger partial charge in [0, 0.05) is 30.2 Å². The number of carbonyl (C=O) groups excluding carboxylic acids is 2. The lowest BCUT2D eigenvalue weighted by Crippen LogP contribution is -2.28. The van der Waals surface area contributed by atoms with Crippen molar-refractivity contribution < 1.29 is 9.59 Å². The summed E-state index contributed by atoms with van der Waals surface area (Å²) in [6, 6.07) is 14.1. The van der Waals surface area contributed by atoms with E-state index in [4.69, 9.17) is 0 Å². The SMILES string of the molecule is CC(=O)Nc1cccc(NC(=O)Cc2nn(CC(C)C)c(=O)c3ccccc23)c1. The highest BCUT2D eigenvalue weighted by molar-refractivity contribution is 5.96. The maximum absolute atomic E-state index is 12.7. The largest absolute Gasteiger partial charge is 0.326 e. The van der Waals surface area contributed by atoms with Crippen LogP contribution in [-0.2, 0) is 22.6 Å². The molecule has 0 spiro atoms. The summed E-state index contributed by atoms with van der Waals surface area (Å²) in [6.45, 7) is 5.93. The molecule has 0 aliphatic carbocycles. The van der Waals surface area contributed by atoms with E-state index >= 15 is 0 Å². The molecule has 2 N–H and O–H groups in total. The molecular formula is C22H24N4O3. The maximum atomic E-state index is 12.7. The molecule has 0 saturated heterocycles. The highest BCUT2D eigenvalue weighted by Crippen LogP contribution is 2.17. The molecule has 1 aromatic heterocycles. The zero-order chi connectivity index (χ0) is 21.0. The molecule has 0 atom stereocenters. The summed E-state index contributed by atoms with van der Waals surface area (Å²) in [5.74, 6) is -0.187. The first-order chi connectivity index (χ1) is 13.8. The van der Waals surface area contributed by atoms with Crippen molar-refractivity contribution in [2.24, 2.45) is 5.92 Å². The Morgan fingerprint density at radius 2 is 1.66 bits per heavy atom. The van der Waals surface area contributed by atoms with Gasteiger partial charge in [-0.25, -0.2) is 4.68 Å². The van der Waals surface area contributed by atoms with Gasteiger partial charge in [-0.1, -0.05) is 38.1 Å². The van der Waals surface area contributed by atoms with Gasteiger partial charge < -0.3 is 10.6 Å². The molecule has 1 heterocycles. The Morgan fingerprint density at radius 1 is 1.00 bits per heavy atom. The zero-order valence-corrected chi connectivity index (χ0v) is 16.7. The number of nitrogens with zero attached hydrogens (tertiary/aromatic N) is 2. The third-order valence-electron chi connectivity index (χ3n) is 4.28. The van der Waals surface area contributed by atoms with Crippen molar-refractivity contribution >= 4 is 34.0 Å². The third-order valence-corrected chi connectivity index (χ3v) is 4.28. The molecule has 2 aromatic carbocycles. The smallest absolute Gasteiger partial charge is 0.274 e. The highest BCUT2D eigenvalue weighted by Gasteiger charge is 2.14. The maximum Gasteiger partial charge on any atom is 0.274 e. The fourth-order valence-electron chi connectivity index (χ4n) is 3.14. The number of benzene rings is 2. The quantitative estimate of drug-likeness (QED) is 0.674. The minimum Gasteiger partial charge on any atom is -0.326 e. The summed E-state index contributed by atoms with van der Waals surface area (Å²) in [6.07, 6.45) is 0.0310. The van der Waals surface area contributed by atoms with Crippen LogP contribution in [0, 0.1) is 5.92 Å². The van der Waals surface area contributed by atoms with Crippen LogP contribution in [0.25, 0.3) is 10.8 Å².